The molecule has 0 fully saturated rings. The van der Waals surface area contributed by atoms with Crippen LogP contribution in [0.1, 0.15) is 17.4 Å². The van der Waals surface area contributed by atoms with E-state index in [4.69, 9.17) is 0 Å². The molecule has 0 aliphatic rings. The predicted octanol–water partition coefficient (Wildman–Crippen LogP) is 2.28. The van der Waals surface area contributed by atoms with Crippen LogP contribution in [0.5, 0.6) is 0 Å². The van der Waals surface area contributed by atoms with Gasteiger partial charge in [0.05, 0.1) is 6.04 Å². The van der Waals surface area contributed by atoms with Crippen LogP contribution in [0.25, 0.3) is 10.8 Å². The summed E-state index contributed by atoms with van der Waals surface area (Å²) in [5, 5.41) is 5.71. The number of aromatic nitrogens is 3. The van der Waals surface area contributed by atoms with E-state index in [9.17, 15) is 0 Å². The van der Waals surface area contributed by atoms with Gasteiger partial charge in [-0.2, -0.15) is 0 Å². The maximum absolute atomic E-state index is 4.45. The lowest BCUT2D eigenvalue weighted by Crippen LogP contribution is -2.21. The van der Waals surface area contributed by atoms with Gasteiger partial charge in [-0.05, 0) is 24.1 Å². The van der Waals surface area contributed by atoms with Crippen molar-refractivity contribution in [1.82, 2.24) is 19.9 Å². The molecule has 1 aromatic carbocycles. The van der Waals surface area contributed by atoms with Crippen molar-refractivity contribution in [2.45, 2.75) is 6.04 Å². The third-order valence-corrected chi connectivity index (χ3v) is 3.43. The lowest BCUT2D eigenvalue weighted by atomic mass is 9.99. The minimum Gasteiger partial charge on any atom is -0.336 e. The van der Waals surface area contributed by atoms with Gasteiger partial charge in [-0.25, -0.2) is 4.98 Å². The quantitative estimate of drug-likeness (QED) is 0.777. The van der Waals surface area contributed by atoms with Gasteiger partial charge in [0.15, 0.2) is 0 Å². The summed E-state index contributed by atoms with van der Waals surface area (Å²) in [6, 6.07) is 8.41. The Morgan fingerprint density at radius 2 is 2.11 bits per heavy atom. The highest BCUT2D eigenvalue weighted by atomic mass is 15.1. The molecule has 0 saturated carbocycles. The number of hydrogen-bond donors (Lipinski definition) is 1. The van der Waals surface area contributed by atoms with Crippen molar-refractivity contribution < 1.29 is 0 Å². The third kappa shape index (κ3) is 2.00. The Hall–Kier alpha value is -2.20. The predicted molar refractivity (Wildman–Crippen MR) is 75.9 cm³/mol. The number of hydrogen-bond acceptors (Lipinski definition) is 3. The Labute approximate surface area is 112 Å². The summed E-state index contributed by atoms with van der Waals surface area (Å²) in [5.41, 5.74) is 1.22. The molecule has 0 aliphatic heterocycles. The van der Waals surface area contributed by atoms with E-state index in [1.807, 2.05) is 43.4 Å². The van der Waals surface area contributed by atoms with Gasteiger partial charge in [0.1, 0.15) is 5.82 Å². The van der Waals surface area contributed by atoms with Crippen molar-refractivity contribution in [1.29, 1.82) is 0 Å². The van der Waals surface area contributed by atoms with E-state index >= 15 is 0 Å². The van der Waals surface area contributed by atoms with Crippen LogP contribution < -0.4 is 5.32 Å². The highest BCUT2D eigenvalue weighted by molar-refractivity contribution is 5.85. The minimum atomic E-state index is 0.0751. The number of benzene rings is 1. The fourth-order valence-electron chi connectivity index (χ4n) is 2.48. The van der Waals surface area contributed by atoms with Crippen molar-refractivity contribution in [2.24, 2.45) is 7.05 Å². The molecule has 4 nitrogen and oxygen atoms in total. The Morgan fingerprint density at radius 3 is 2.84 bits per heavy atom. The van der Waals surface area contributed by atoms with Crippen LogP contribution in [0, 0.1) is 0 Å². The van der Waals surface area contributed by atoms with E-state index in [-0.39, 0.29) is 6.04 Å². The molecule has 0 amide bonds. The van der Waals surface area contributed by atoms with Crippen molar-refractivity contribution in [2.75, 3.05) is 7.05 Å². The number of aryl methyl sites for hydroxylation is 1. The maximum atomic E-state index is 4.45. The molecule has 2 heterocycles. The maximum Gasteiger partial charge on any atom is 0.130 e. The van der Waals surface area contributed by atoms with Gasteiger partial charge < -0.3 is 9.88 Å². The number of nitrogens with one attached hydrogen (secondary N) is 1. The zero-order chi connectivity index (χ0) is 13.2. The monoisotopic (exact) mass is 252 g/mol. The number of fused-ring (bicyclic) bond motifs is 1. The van der Waals surface area contributed by atoms with Crippen LogP contribution in [0.3, 0.4) is 0 Å². The van der Waals surface area contributed by atoms with Crippen molar-refractivity contribution >= 4 is 10.8 Å². The molecule has 1 N–H and O–H groups in total. The van der Waals surface area contributed by atoms with Gasteiger partial charge in [0, 0.05) is 37.2 Å². The molecule has 2 aromatic heterocycles. The SMILES string of the molecule is CNC(c1cccc2cnccc12)c1nccn1C. The zero-order valence-corrected chi connectivity index (χ0v) is 11.0. The van der Waals surface area contributed by atoms with Crippen LogP contribution in [-0.2, 0) is 7.05 Å². The van der Waals surface area contributed by atoms with Crippen LogP contribution in [0.15, 0.2) is 49.1 Å². The van der Waals surface area contributed by atoms with E-state index in [0.717, 1.165) is 11.2 Å². The number of nitrogens with zero attached hydrogens (tertiary/aromatic N) is 3. The Balaban J connectivity index is 2.20. The van der Waals surface area contributed by atoms with E-state index in [2.05, 4.69) is 39.6 Å². The molecule has 3 aromatic rings. The Bertz CT molecular complexity index is 697. The van der Waals surface area contributed by atoms with E-state index < -0.39 is 0 Å². The molecule has 4 heteroatoms. The normalized spacial score (nSPS) is 12.7. The Kier molecular flexibility index (Phi) is 3.01. The minimum absolute atomic E-state index is 0.0751. The van der Waals surface area contributed by atoms with E-state index in [1.54, 1.807) is 0 Å². The molecule has 1 atom stereocenters. The fraction of sp³-hybridized carbons (Fsp3) is 0.200. The summed E-state index contributed by atoms with van der Waals surface area (Å²) in [6.45, 7) is 0. The summed E-state index contributed by atoms with van der Waals surface area (Å²) in [4.78, 5) is 8.63. The van der Waals surface area contributed by atoms with Crippen molar-refractivity contribution in [3.63, 3.8) is 0 Å². The summed E-state index contributed by atoms with van der Waals surface area (Å²) >= 11 is 0. The molecule has 0 saturated heterocycles. The van der Waals surface area contributed by atoms with Crippen LogP contribution in [0.4, 0.5) is 0 Å². The Morgan fingerprint density at radius 1 is 1.21 bits per heavy atom. The second kappa shape index (κ2) is 4.82. The fourth-order valence-corrected chi connectivity index (χ4v) is 2.48. The lowest BCUT2D eigenvalue weighted by Gasteiger charge is -2.18. The van der Waals surface area contributed by atoms with Gasteiger partial charge >= 0.3 is 0 Å². The first-order valence-corrected chi connectivity index (χ1v) is 6.28. The highest BCUT2D eigenvalue weighted by Crippen LogP contribution is 2.27. The zero-order valence-electron chi connectivity index (χ0n) is 11.0. The number of imidazole rings is 1. The smallest absolute Gasteiger partial charge is 0.130 e. The summed E-state index contributed by atoms with van der Waals surface area (Å²) in [6.07, 6.45) is 7.51. The standard InChI is InChI=1S/C15H16N4/c1-16-14(15-18-8-9-19(15)2)13-5-3-4-11-10-17-7-6-12(11)13/h3-10,14,16H,1-2H3. The second-order valence-corrected chi connectivity index (χ2v) is 4.56. The molecule has 0 aliphatic carbocycles. The average Bonchev–Trinajstić information content (AvgIpc) is 2.86. The van der Waals surface area contributed by atoms with Crippen LogP contribution in [-0.4, -0.2) is 21.6 Å². The average molecular weight is 252 g/mol. The summed E-state index contributed by atoms with van der Waals surface area (Å²) in [7, 11) is 3.97. The molecular formula is C15H16N4. The van der Waals surface area contributed by atoms with Gasteiger partial charge in [-0.3, -0.25) is 4.98 Å². The first kappa shape index (κ1) is 11.9. The van der Waals surface area contributed by atoms with Gasteiger partial charge in [0.2, 0.25) is 0 Å². The molecule has 0 spiro atoms. The molecule has 1 unspecified atom stereocenters. The number of rotatable bonds is 3. The summed E-state index contributed by atoms with van der Waals surface area (Å²) < 4.78 is 2.04. The molecule has 0 bridgehead atoms. The van der Waals surface area contributed by atoms with Gasteiger partial charge in [-0.15, -0.1) is 0 Å². The lowest BCUT2D eigenvalue weighted by molar-refractivity contribution is 0.621. The molecule has 3 rings (SSSR count). The van der Waals surface area contributed by atoms with E-state index in [0.29, 0.717) is 0 Å². The third-order valence-electron chi connectivity index (χ3n) is 3.43. The molecule has 19 heavy (non-hydrogen) atoms. The van der Waals surface area contributed by atoms with Crippen LogP contribution in [0.2, 0.25) is 0 Å². The molecular weight excluding hydrogens is 236 g/mol. The van der Waals surface area contributed by atoms with Gasteiger partial charge in [-0.1, -0.05) is 18.2 Å². The molecule has 0 radical (unpaired) electrons. The largest absolute Gasteiger partial charge is 0.336 e. The highest BCUT2D eigenvalue weighted by Gasteiger charge is 2.18. The topological polar surface area (TPSA) is 42.7 Å². The van der Waals surface area contributed by atoms with Crippen molar-refractivity contribution in [3.05, 3.63) is 60.4 Å². The van der Waals surface area contributed by atoms with Crippen LogP contribution >= 0.6 is 0 Å². The molecule has 96 valence electrons. The number of pyridine rings is 1. The van der Waals surface area contributed by atoms with E-state index in [1.165, 1.54) is 10.9 Å². The first-order valence-electron chi connectivity index (χ1n) is 6.28. The van der Waals surface area contributed by atoms with Gasteiger partial charge in [0.25, 0.3) is 0 Å². The first-order chi connectivity index (χ1) is 9.31. The summed E-state index contributed by atoms with van der Waals surface area (Å²) in [5.74, 6) is 1.01. The second-order valence-electron chi connectivity index (χ2n) is 4.56. The van der Waals surface area contributed by atoms with Crippen molar-refractivity contribution in [3.8, 4) is 0 Å².